The highest BCUT2D eigenvalue weighted by molar-refractivity contribution is 7.10. The summed E-state index contributed by atoms with van der Waals surface area (Å²) in [5.41, 5.74) is 3.11. The minimum Gasteiger partial charge on any atom is -0.493 e. The van der Waals surface area contributed by atoms with Crippen LogP contribution in [0.1, 0.15) is 28.3 Å². The molecule has 0 aliphatic carbocycles. The monoisotopic (exact) mass is 303 g/mol. The molecule has 0 bridgehead atoms. The number of ether oxygens (including phenoxy) is 2. The number of rotatable bonds is 3. The summed E-state index contributed by atoms with van der Waals surface area (Å²) < 4.78 is 10.7. The maximum absolute atomic E-state index is 12.0. The summed E-state index contributed by atoms with van der Waals surface area (Å²) >= 11 is 1.69. The third kappa shape index (κ3) is 2.38. The molecule has 0 fully saturated rings. The second kappa shape index (κ2) is 5.41. The maximum Gasteiger partial charge on any atom is 0.225 e. The third-order valence-electron chi connectivity index (χ3n) is 3.81. The van der Waals surface area contributed by atoms with E-state index < -0.39 is 0 Å². The number of methoxy groups -OCH3 is 2. The summed E-state index contributed by atoms with van der Waals surface area (Å²) in [4.78, 5) is 13.3. The molecule has 0 spiro atoms. The number of carbonyl (C=O) groups is 1. The number of carbonyl (C=O) groups excluding carboxylic acids is 1. The van der Waals surface area contributed by atoms with Gasteiger partial charge in [0.05, 0.1) is 14.2 Å². The van der Waals surface area contributed by atoms with Gasteiger partial charge in [-0.05, 0) is 35.6 Å². The fourth-order valence-corrected chi connectivity index (χ4v) is 3.81. The molecule has 0 unspecified atom stereocenters. The highest BCUT2D eigenvalue weighted by Crippen LogP contribution is 2.44. The average Bonchev–Trinajstić information content (AvgIpc) is 2.91. The van der Waals surface area contributed by atoms with E-state index in [9.17, 15) is 4.79 Å². The molecule has 4 nitrogen and oxygen atoms in total. The molecule has 2 aromatic rings. The SMILES string of the molecule is COc1cc2c(cc1OC)[C@H](c1sccc1C)CC(=O)N2. The lowest BCUT2D eigenvalue weighted by molar-refractivity contribution is -0.116. The van der Waals surface area contributed by atoms with Crippen LogP contribution >= 0.6 is 11.3 Å². The molecular weight excluding hydrogens is 286 g/mol. The first-order chi connectivity index (χ1) is 10.1. The van der Waals surface area contributed by atoms with Gasteiger partial charge in [0.25, 0.3) is 0 Å². The molecular formula is C16H17NO3S. The van der Waals surface area contributed by atoms with Crippen molar-refractivity contribution >= 4 is 22.9 Å². The van der Waals surface area contributed by atoms with Crippen LogP contribution in [0.15, 0.2) is 23.6 Å². The van der Waals surface area contributed by atoms with Crippen molar-refractivity contribution in [2.75, 3.05) is 19.5 Å². The van der Waals surface area contributed by atoms with Gasteiger partial charge in [0, 0.05) is 29.0 Å². The first-order valence-corrected chi connectivity index (χ1v) is 7.61. The van der Waals surface area contributed by atoms with Gasteiger partial charge < -0.3 is 14.8 Å². The smallest absolute Gasteiger partial charge is 0.225 e. The zero-order chi connectivity index (χ0) is 15.0. The van der Waals surface area contributed by atoms with E-state index >= 15 is 0 Å². The van der Waals surface area contributed by atoms with Crippen LogP contribution < -0.4 is 14.8 Å². The van der Waals surface area contributed by atoms with Gasteiger partial charge in [0.1, 0.15) is 0 Å². The van der Waals surface area contributed by atoms with Crippen molar-refractivity contribution in [3.63, 3.8) is 0 Å². The Morgan fingerprint density at radius 1 is 1.24 bits per heavy atom. The zero-order valence-corrected chi connectivity index (χ0v) is 13.0. The lowest BCUT2D eigenvalue weighted by Crippen LogP contribution is -2.23. The van der Waals surface area contributed by atoms with Gasteiger partial charge in [0.2, 0.25) is 5.91 Å². The Kier molecular flexibility index (Phi) is 3.59. The first-order valence-electron chi connectivity index (χ1n) is 6.73. The zero-order valence-electron chi connectivity index (χ0n) is 12.2. The highest BCUT2D eigenvalue weighted by Gasteiger charge is 2.29. The largest absolute Gasteiger partial charge is 0.493 e. The van der Waals surface area contributed by atoms with Crippen molar-refractivity contribution in [2.24, 2.45) is 0 Å². The molecule has 1 aliphatic rings. The molecule has 5 heteroatoms. The highest BCUT2D eigenvalue weighted by atomic mass is 32.1. The van der Waals surface area contributed by atoms with Crippen molar-refractivity contribution in [3.05, 3.63) is 39.6 Å². The van der Waals surface area contributed by atoms with Gasteiger partial charge in [0.15, 0.2) is 11.5 Å². The van der Waals surface area contributed by atoms with Crippen LogP contribution in [0.3, 0.4) is 0 Å². The average molecular weight is 303 g/mol. The van der Waals surface area contributed by atoms with Crippen LogP contribution in [0.5, 0.6) is 11.5 Å². The predicted molar refractivity (Wildman–Crippen MR) is 83.7 cm³/mol. The molecule has 21 heavy (non-hydrogen) atoms. The molecule has 0 radical (unpaired) electrons. The molecule has 0 saturated heterocycles. The molecule has 1 aromatic carbocycles. The number of hydrogen-bond donors (Lipinski definition) is 1. The standard InChI is InChI=1S/C16H17NO3S/c1-9-4-5-21-16(9)11-7-15(18)17-12-8-14(20-3)13(19-2)6-10(11)12/h4-6,8,11H,7H2,1-3H3,(H,17,18)/t11-/m1/s1. The van der Waals surface area contributed by atoms with Crippen LogP contribution in [0, 0.1) is 6.92 Å². The van der Waals surface area contributed by atoms with Crippen LogP contribution in [0.25, 0.3) is 0 Å². The molecule has 1 atom stereocenters. The Morgan fingerprint density at radius 2 is 1.95 bits per heavy atom. The summed E-state index contributed by atoms with van der Waals surface area (Å²) in [6, 6.07) is 5.89. The van der Waals surface area contributed by atoms with Gasteiger partial charge in [-0.1, -0.05) is 0 Å². The molecule has 1 amide bonds. The minimum atomic E-state index is 0.0347. The van der Waals surface area contributed by atoms with Crippen molar-refractivity contribution < 1.29 is 14.3 Å². The molecule has 2 heterocycles. The summed E-state index contributed by atoms with van der Waals surface area (Å²) in [6.45, 7) is 2.08. The van der Waals surface area contributed by atoms with Crippen molar-refractivity contribution in [3.8, 4) is 11.5 Å². The fourth-order valence-electron chi connectivity index (χ4n) is 2.76. The summed E-state index contributed by atoms with van der Waals surface area (Å²) in [5.74, 6) is 1.42. The lowest BCUT2D eigenvalue weighted by atomic mass is 9.87. The second-order valence-corrected chi connectivity index (χ2v) is 6.01. The van der Waals surface area contributed by atoms with E-state index in [0.717, 1.165) is 11.3 Å². The van der Waals surface area contributed by atoms with Crippen LogP contribution in [0.4, 0.5) is 5.69 Å². The van der Waals surface area contributed by atoms with E-state index in [1.165, 1.54) is 10.4 Å². The number of amides is 1. The van der Waals surface area contributed by atoms with Gasteiger partial charge in [-0.15, -0.1) is 11.3 Å². The Hall–Kier alpha value is -2.01. The fraction of sp³-hybridized carbons (Fsp3) is 0.312. The van der Waals surface area contributed by atoms with E-state index in [1.807, 2.05) is 12.1 Å². The van der Waals surface area contributed by atoms with E-state index in [1.54, 1.807) is 25.6 Å². The minimum absolute atomic E-state index is 0.0347. The van der Waals surface area contributed by atoms with E-state index in [2.05, 4.69) is 23.7 Å². The van der Waals surface area contributed by atoms with Crippen molar-refractivity contribution in [2.45, 2.75) is 19.3 Å². The van der Waals surface area contributed by atoms with Gasteiger partial charge in [-0.25, -0.2) is 0 Å². The van der Waals surface area contributed by atoms with Crippen LogP contribution in [-0.4, -0.2) is 20.1 Å². The Labute approximate surface area is 127 Å². The normalized spacial score (nSPS) is 17.1. The Bertz CT molecular complexity index is 693. The molecule has 110 valence electrons. The maximum atomic E-state index is 12.0. The lowest BCUT2D eigenvalue weighted by Gasteiger charge is -2.27. The topological polar surface area (TPSA) is 47.6 Å². The molecule has 1 N–H and O–H groups in total. The summed E-state index contributed by atoms with van der Waals surface area (Å²) in [7, 11) is 3.22. The van der Waals surface area contributed by atoms with E-state index in [-0.39, 0.29) is 11.8 Å². The number of fused-ring (bicyclic) bond motifs is 1. The van der Waals surface area contributed by atoms with Crippen molar-refractivity contribution in [1.29, 1.82) is 0 Å². The number of thiophene rings is 1. The Morgan fingerprint density at radius 3 is 2.57 bits per heavy atom. The van der Waals surface area contributed by atoms with Gasteiger partial charge in [-0.2, -0.15) is 0 Å². The summed E-state index contributed by atoms with van der Waals surface area (Å²) in [6.07, 6.45) is 0.462. The number of benzene rings is 1. The quantitative estimate of drug-likeness (QED) is 0.943. The number of hydrogen-bond acceptors (Lipinski definition) is 4. The number of anilines is 1. The second-order valence-electron chi connectivity index (χ2n) is 5.07. The Balaban J connectivity index is 2.15. The molecule has 0 saturated carbocycles. The first kappa shape index (κ1) is 13.9. The van der Waals surface area contributed by atoms with Crippen LogP contribution in [-0.2, 0) is 4.79 Å². The predicted octanol–water partition coefficient (Wildman–Crippen LogP) is 3.55. The number of aryl methyl sites for hydroxylation is 1. The van der Waals surface area contributed by atoms with Crippen LogP contribution in [0.2, 0.25) is 0 Å². The molecule has 1 aromatic heterocycles. The van der Waals surface area contributed by atoms with E-state index in [0.29, 0.717) is 17.9 Å². The van der Waals surface area contributed by atoms with Crippen molar-refractivity contribution in [1.82, 2.24) is 0 Å². The molecule has 3 rings (SSSR count). The third-order valence-corrected chi connectivity index (χ3v) is 4.95. The van der Waals surface area contributed by atoms with E-state index in [4.69, 9.17) is 9.47 Å². The van der Waals surface area contributed by atoms with Gasteiger partial charge in [-0.3, -0.25) is 4.79 Å². The van der Waals surface area contributed by atoms with Gasteiger partial charge >= 0.3 is 0 Å². The summed E-state index contributed by atoms with van der Waals surface area (Å²) in [5, 5.41) is 4.99. The molecule has 1 aliphatic heterocycles. The number of nitrogens with one attached hydrogen (secondary N) is 1.